The Morgan fingerprint density at radius 3 is 2.95 bits per heavy atom. The van der Waals surface area contributed by atoms with Gasteiger partial charge in [0.2, 0.25) is 0 Å². The Bertz CT molecular complexity index is 259. The van der Waals surface area contributed by atoms with Gasteiger partial charge < -0.3 is 10.1 Å². The maximum atomic E-state index is 6.18. The van der Waals surface area contributed by atoms with Gasteiger partial charge in [-0.2, -0.15) is 0 Å². The van der Waals surface area contributed by atoms with Gasteiger partial charge >= 0.3 is 0 Å². The average molecular weight is 268 g/mol. The first kappa shape index (κ1) is 15.3. The van der Waals surface area contributed by atoms with Gasteiger partial charge in [0, 0.05) is 18.6 Å². The molecular weight excluding hydrogens is 236 g/mol. The molecule has 112 valence electrons. The minimum absolute atomic E-state index is 0.397. The van der Waals surface area contributed by atoms with Gasteiger partial charge in [-0.3, -0.25) is 4.90 Å². The quantitative estimate of drug-likeness (QED) is 0.768. The standard InChI is InChI=1S/C16H32N2O/c1-4-7-13(3)10-15(17-5-2)16-11-18-9-6-8-14(18)12-19-16/h13-17H,4-12H2,1-3H3. The molecule has 0 amide bonds. The Balaban J connectivity index is 1.87. The number of rotatable bonds is 7. The molecule has 3 heteroatoms. The third kappa shape index (κ3) is 4.17. The Morgan fingerprint density at radius 1 is 1.37 bits per heavy atom. The van der Waals surface area contributed by atoms with E-state index in [0.717, 1.165) is 25.6 Å². The highest BCUT2D eigenvalue weighted by molar-refractivity contribution is 4.90. The highest BCUT2D eigenvalue weighted by Gasteiger charge is 2.35. The second-order valence-electron chi connectivity index (χ2n) is 6.46. The SMILES string of the molecule is CCCC(C)CC(NCC)C1CN2CCCC2CO1. The van der Waals surface area contributed by atoms with Crippen LogP contribution in [-0.4, -0.2) is 49.3 Å². The van der Waals surface area contributed by atoms with Crippen LogP contribution >= 0.6 is 0 Å². The van der Waals surface area contributed by atoms with Crippen LogP contribution in [0.15, 0.2) is 0 Å². The van der Waals surface area contributed by atoms with E-state index in [4.69, 9.17) is 4.74 Å². The lowest BCUT2D eigenvalue weighted by molar-refractivity contribution is -0.0672. The molecule has 19 heavy (non-hydrogen) atoms. The van der Waals surface area contributed by atoms with E-state index < -0.39 is 0 Å². The molecule has 4 atom stereocenters. The number of morpholine rings is 1. The summed E-state index contributed by atoms with van der Waals surface area (Å²) in [4.78, 5) is 2.66. The van der Waals surface area contributed by atoms with Crippen molar-refractivity contribution in [3.05, 3.63) is 0 Å². The summed E-state index contributed by atoms with van der Waals surface area (Å²) in [6.07, 6.45) is 6.98. The van der Waals surface area contributed by atoms with Gasteiger partial charge in [0.05, 0.1) is 12.7 Å². The Kier molecular flexibility index (Phi) is 6.11. The predicted molar refractivity (Wildman–Crippen MR) is 80.5 cm³/mol. The molecule has 0 aromatic heterocycles. The molecule has 0 radical (unpaired) electrons. The van der Waals surface area contributed by atoms with Crippen molar-refractivity contribution in [3.63, 3.8) is 0 Å². The molecule has 0 aromatic rings. The lowest BCUT2D eigenvalue weighted by atomic mass is 9.93. The van der Waals surface area contributed by atoms with E-state index in [2.05, 4.69) is 31.0 Å². The Morgan fingerprint density at radius 2 is 2.21 bits per heavy atom. The van der Waals surface area contributed by atoms with Crippen LogP contribution in [0.25, 0.3) is 0 Å². The fourth-order valence-corrected chi connectivity index (χ4v) is 3.76. The second-order valence-corrected chi connectivity index (χ2v) is 6.46. The minimum atomic E-state index is 0.397. The first-order valence-electron chi connectivity index (χ1n) is 8.33. The topological polar surface area (TPSA) is 24.5 Å². The van der Waals surface area contributed by atoms with E-state index in [0.29, 0.717) is 18.2 Å². The van der Waals surface area contributed by atoms with Gasteiger partial charge in [-0.1, -0.05) is 33.6 Å². The van der Waals surface area contributed by atoms with Gasteiger partial charge in [0.15, 0.2) is 0 Å². The summed E-state index contributed by atoms with van der Waals surface area (Å²) >= 11 is 0. The van der Waals surface area contributed by atoms with Crippen molar-refractivity contribution in [1.29, 1.82) is 0 Å². The van der Waals surface area contributed by atoms with Gasteiger partial charge in [0.1, 0.15) is 0 Å². The van der Waals surface area contributed by atoms with Crippen LogP contribution in [-0.2, 0) is 4.74 Å². The van der Waals surface area contributed by atoms with Crippen molar-refractivity contribution in [3.8, 4) is 0 Å². The van der Waals surface area contributed by atoms with Crippen molar-refractivity contribution in [2.24, 2.45) is 5.92 Å². The molecule has 0 spiro atoms. The van der Waals surface area contributed by atoms with E-state index in [-0.39, 0.29) is 0 Å². The maximum absolute atomic E-state index is 6.18. The number of ether oxygens (including phenoxy) is 1. The van der Waals surface area contributed by atoms with Gasteiger partial charge in [-0.25, -0.2) is 0 Å². The molecular formula is C16H32N2O. The average Bonchev–Trinajstić information content (AvgIpc) is 2.85. The van der Waals surface area contributed by atoms with Crippen molar-refractivity contribution < 1.29 is 4.74 Å². The molecule has 2 saturated heterocycles. The van der Waals surface area contributed by atoms with Crippen molar-refractivity contribution in [2.45, 2.75) is 71.1 Å². The summed E-state index contributed by atoms with van der Waals surface area (Å²) in [6, 6.07) is 1.25. The zero-order valence-corrected chi connectivity index (χ0v) is 13.0. The third-order valence-corrected chi connectivity index (χ3v) is 4.77. The highest BCUT2D eigenvalue weighted by Crippen LogP contribution is 2.26. The smallest absolute Gasteiger partial charge is 0.0855 e. The van der Waals surface area contributed by atoms with Crippen LogP contribution in [0.1, 0.15) is 52.9 Å². The van der Waals surface area contributed by atoms with Crippen molar-refractivity contribution in [1.82, 2.24) is 10.2 Å². The van der Waals surface area contributed by atoms with Gasteiger partial charge in [-0.15, -0.1) is 0 Å². The van der Waals surface area contributed by atoms with E-state index in [1.807, 2.05) is 0 Å². The number of nitrogens with one attached hydrogen (secondary N) is 1. The first-order chi connectivity index (χ1) is 9.24. The molecule has 0 aliphatic carbocycles. The number of hydrogen-bond acceptors (Lipinski definition) is 3. The summed E-state index contributed by atoms with van der Waals surface area (Å²) in [5, 5.41) is 3.67. The number of likely N-dealkylation sites (N-methyl/N-ethyl adjacent to an activating group) is 1. The summed E-state index contributed by atoms with van der Waals surface area (Å²) in [5.41, 5.74) is 0. The fraction of sp³-hybridized carbons (Fsp3) is 1.00. The molecule has 1 N–H and O–H groups in total. The molecule has 0 saturated carbocycles. The molecule has 0 aromatic carbocycles. The summed E-state index contributed by atoms with van der Waals surface area (Å²) < 4.78 is 6.18. The van der Waals surface area contributed by atoms with Crippen LogP contribution in [0, 0.1) is 5.92 Å². The van der Waals surface area contributed by atoms with Crippen LogP contribution < -0.4 is 5.32 Å². The van der Waals surface area contributed by atoms with Crippen LogP contribution in [0.2, 0.25) is 0 Å². The van der Waals surface area contributed by atoms with E-state index in [1.165, 1.54) is 38.6 Å². The Labute approximate surface area is 119 Å². The molecule has 3 nitrogen and oxygen atoms in total. The first-order valence-corrected chi connectivity index (χ1v) is 8.33. The summed E-state index contributed by atoms with van der Waals surface area (Å²) in [5.74, 6) is 0.800. The molecule has 4 unspecified atom stereocenters. The number of nitrogens with zero attached hydrogens (tertiary/aromatic N) is 1. The number of hydrogen-bond donors (Lipinski definition) is 1. The normalized spacial score (nSPS) is 31.1. The van der Waals surface area contributed by atoms with Crippen LogP contribution in [0.3, 0.4) is 0 Å². The van der Waals surface area contributed by atoms with Crippen LogP contribution in [0.5, 0.6) is 0 Å². The Hall–Kier alpha value is -0.120. The van der Waals surface area contributed by atoms with Crippen LogP contribution in [0.4, 0.5) is 0 Å². The van der Waals surface area contributed by atoms with E-state index in [9.17, 15) is 0 Å². The summed E-state index contributed by atoms with van der Waals surface area (Å²) in [6.45, 7) is 11.3. The lowest BCUT2D eigenvalue weighted by Gasteiger charge is -2.39. The molecule has 2 fully saturated rings. The second kappa shape index (κ2) is 7.61. The van der Waals surface area contributed by atoms with Gasteiger partial charge in [0.25, 0.3) is 0 Å². The summed E-state index contributed by atoms with van der Waals surface area (Å²) in [7, 11) is 0. The minimum Gasteiger partial charge on any atom is -0.374 e. The lowest BCUT2D eigenvalue weighted by Crippen LogP contribution is -2.54. The fourth-order valence-electron chi connectivity index (χ4n) is 3.76. The molecule has 0 bridgehead atoms. The third-order valence-electron chi connectivity index (χ3n) is 4.77. The highest BCUT2D eigenvalue weighted by atomic mass is 16.5. The van der Waals surface area contributed by atoms with Crippen molar-refractivity contribution >= 4 is 0 Å². The molecule has 2 rings (SSSR count). The van der Waals surface area contributed by atoms with Crippen molar-refractivity contribution in [2.75, 3.05) is 26.2 Å². The molecule has 2 aliphatic rings. The maximum Gasteiger partial charge on any atom is 0.0855 e. The number of fused-ring (bicyclic) bond motifs is 1. The predicted octanol–water partition coefficient (Wildman–Crippen LogP) is 2.65. The van der Waals surface area contributed by atoms with Gasteiger partial charge in [-0.05, 0) is 38.3 Å². The van der Waals surface area contributed by atoms with E-state index >= 15 is 0 Å². The van der Waals surface area contributed by atoms with E-state index in [1.54, 1.807) is 0 Å². The monoisotopic (exact) mass is 268 g/mol. The largest absolute Gasteiger partial charge is 0.374 e. The zero-order valence-electron chi connectivity index (χ0n) is 13.0. The zero-order chi connectivity index (χ0) is 13.7. The molecule has 2 aliphatic heterocycles. The molecule has 2 heterocycles.